The number of rotatable bonds is 6. The van der Waals surface area contributed by atoms with Crippen molar-refractivity contribution in [2.75, 3.05) is 14.2 Å². The average molecular weight is 437 g/mol. The molecule has 4 atom stereocenters. The molecule has 4 rings (SSSR count). The lowest BCUT2D eigenvalue weighted by Gasteiger charge is -2.36. The van der Waals surface area contributed by atoms with E-state index in [9.17, 15) is 9.59 Å². The van der Waals surface area contributed by atoms with Gasteiger partial charge in [0.15, 0.2) is 0 Å². The zero-order chi connectivity index (χ0) is 22.8. The van der Waals surface area contributed by atoms with E-state index in [4.69, 9.17) is 9.47 Å². The van der Waals surface area contributed by atoms with Crippen LogP contribution in [0.3, 0.4) is 0 Å². The Morgan fingerprint density at radius 1 is 1.09 bits per heavy atom. The van der Waals surface area contributed by atoms with E-state index >= 15 is 0 Å². The van der Waals surface area contributed by atoms with Crippen molar-refractivity contribution < 1.29 is 19.1 Å². The van der Waals surface area contributed by atoms with E-state index in [0.29, 0.717) is 28.9 Å². The van der Waals surface area contributed by atoms with Gasteiger partial charge in [0, 0.05) is 17.2 Å². The number of ether oxygens (including phenoxy) is 2. The molecule has 2 aromatic carbocycles. The maximum Gasteiger partial charge on any atom is 0.255 e. The number of methoxy groups -OCH3 is 2. The minimum Gasteiger partial charge on any atom is -0.497 e. The standard InChI is InChI=1S/C26H32N2O4/c1-16-8-7-11-22(17(16)2)27-25(29)24-20-9-5-6-10-21(20)26(30)28(24)15-18-14-19(31-3)12-13-23(18)32-4/h5-6,9-10,12-14,16-17,22,24H,7-8,11,15H2,1-4H3,(H,27,29)/t16-,17+,22+,24+/m0/s1. The zero-order valence-electron chi connectivity index (χ0n) is 19.3. The van der Waals surface area contributed by atoms with Crippen LogP contribution in [0.5, 0.6) is 11.5 Å². The van der Waals surface area contributed by atoms with E-state index in [2.05, 4.69) is 19.2 Å². The Labute approximate surface area is 189 Å². The highest BCUT2D eigenvalue weighted by Gasteiger charge is 2.42. The Bertz CT molecular complexity index is 1010. The lowest BCUT2D eigenvalue weighted by Crippen LogP contribution is -2.48. The summed E-state index contributed by atoms with van der Waals surface area (Å²) >= 11 is 0. The molecule has 6 nitrogen and oxygen atoms in total. The molecule has 0 saturated heterocycles. The van der Waals surface area contributed by atoms with Crippen LogP contribution in [0.1, 0.15) is 60.6 Å². The number of hydrogen-bond acceptors (Lipinski definition) is 4. The number of nitrogens with zero attached hydrogens (tertiary/aromatic N) is 1. The zero-order valence-corrected chi connectivity index (χ0v) is 19.3. The van der Waals surface area contributed by atoms with Gasteiger partial charge in [-0.15, -0.1) is 0 Å². The van der Waals surface area contributed by atoms with Gasteiger partial charge >= 0.3 is 0 Å². The van der Waals surface area contributed by atoms with Crippen molar-refractivity contribution in [3.05, 3.63) is 59.2 Å². The third kappa shape index (κ3) is 4.06. The van der Waals surface area contributed by atoms with Gasteiger partial charge in [-0.2, -0.15) is 0 Å². The topological polar surface area (TPSA) is 67.9 Å². The van der Waals surface area contributed by atoms with Crippen LogP contribution in [0.2, 0.25) is 0 Å². The highest BCUT2D eigenvalue weighted by Crippen LogP contribution is 2.38. The molecule has 1 heterocycles. The van der Waals surface area contributed by atoms with Crippen molar-refractivity contribution in [3.8, 4) is 11.5 Å². The van der Waals surface area contributed by atoms with E-state index in [-0.39, 0.29) is 24.4 Å². The van der Waals surface area contributed by atoms with Crippen LogP contribution in [0, 0.1) is 11.8 Å². The molecule has 0 radical (unpaired) electrons. The molecule has 2 aliphatic rings. The fraction of sp³-hybridized carbons (Fsp3) is 0.462. The predicted molar refractivity (Wildman–Crippen MR) is 123 cm³/mol. The van der Waals surface area contributed by atoms with Gasteiger partial charge in [-0.25, -0.2) is 0 Å². The largest absolute Gasteiger partial charge is 0.497 e. The van der Waals surface area contributed by atoms with Crippen LogP contribution >= 0.6 is 0 Å². The van der Waals surface area contributed by atoms with Gasteiger partial charge < -0.3 is 19.7 Å². The number of carbonyl (C=O) groups is 2. The molecule has 1 N–H and O–H groups in total. The lowest BCUT2D eigenvalue weighted by molar-refractivity contribution is -0.127. The molecular weight excluding hydrogens is 404 g/mol. The summed E-state index contributed by atoms with van der Waals surface area (Å²) in [6.45, 7) is 4.71. The normalized spacial score (nSPS) is 24.8. The summed E-state index contributed by atoms with van der Waals surface area (Å²) in [5.41, 5.74) is 2.14. The number of hydrogen-bond donors (Lipinski definition) is 1. The lowest BCUT2D eigenvalue weighted by atomic mass is 9.78. The van der Waals surface area contributed by atoms with Crippen molar-refractivity contribution in [2.45, 2.75) is 51.7 Å². The van der Waals surface area contributed by atoms with E-state index in [1.807, 2.05) is 36.4 Å². The van der Waals surface area contributed by atoms with Gasteiger partial charge in [0.1, 0.15) is 17.5 Å². The Kier molecular flexibility index (Phi) is 6.40. The van der Waals surface area contributed by atoms with Gasteiger partial charge in [0.25, 0.3) is 5.91 Å². The van der Waals surface area contributed by atoms with Gasteiger partial charge in [0.05, 0.1) is 20.8 Å². The molecule has 0 aromatic heterocycles. The minimum absolute atomic E-state index is 0.115. The molecule has 0 bridgehead atoms. The summed E-state index contributed by atoms with van der Waals surface area (Å²) in [6, 6.07) is 12.4. The average Bonchev–Trinajstić information content (AvgIpc) is 3.08. The van der Waals surface area contributed by atoms with Gasteiger partial charge in [-0.05, 0) is 48.1 Å². The van der Waals surface area contributed by atoms with E-state index in [1.54, 1.807) is 25.2 Å². The highest BCUT2D eigenvalue weighted by molar-refractivity contribution is 6.04. The van der Waals surface area contributed by atoms with Gasteiger partial charge in [-0.1, -0.05) is 44.9 Å². The SMILES string of the molecule is COc1ccc(OC)c(CN2C(=O)c3ccccc3[C@@H]2C(=O)N[C@@H]2CCC[C@H](C)[C@H]2C)c1. The summed E-state index contributed by atoms with van der Waals surface area (Å²) in [5, 5.41) is 3.28. The van der Waals surface area contributed by atoms with Crippen LogP contribution in [0.4, 0.5) is 0 Å². The Morgan fingerprint density at radius 3 is 2.62 bits per heavy atom. The summed E-state index contributed by atoms with van der Waals surface area (Å²) in [7, 11) is 3.20. The minimum atomic E-state index is -0.668. The monoisotopic (exact) mass is 436 g/mol. The van der Waals surface area contributed by atoms with Crippen LogP contribution in [0.15, 0.2) is 42.5 Å². The molecule has 0 spiro atoms. The first-order valence-corrected chi connectivity index (χ1v) is 11.4. The fourth-order valence-electron chi connectivity index (χ4n) is 5.05. The van der Waals surface area contributed by atoms with Crippen molar-refractivity contribution in [1.29, 1.82) is 0 Å². The molecule has 170 valence electrons. The molecule has 2 amide bonds. The molecule has 2 aromatic rings. The second kappa shape index (κ2) is 9.23. The van der Waals surface area contributed by atoms with E-state index in [1.165, 1.54) is 6.42 Å². The first-order valence-electron chi connectivity index (χ1n) is 11.4. The number of benzene rings is 2. The van der Waals surface area contributed by atoms with Crippen LogP contribution < -0.4 is 14.8 Å². The molecule has 32 heavy (non-hydrogen) atoms. The number of fused-ring (bicyclic) bond motifs is 1. The maximum atomic E-state index is 13.6. The van der Waals surface area contributed by atoms with Crippen molar-refractivity contribution in [2.24, 2.45) is 11.8 Å². The first kappa shape index (κ1) is 22.2. The maximum absolute atomic E-state index is 13.6. The number of carbonyl (C=O) groups excluding carboxylic acids is 2. The van der Waals surface area contributed by atoms with Gasteiger partial charge in [0.2, 0.25) is 5.91 Å². The molecular formula is C26H32N2O4. The molecule has 1 aliphatic heterocycles. The van der Waals surface area contributed by atoms with Crippen molar-refractivity contribution in [1.82, 2.24) is 10.2 Å². The summed E-state index contributed by atoms with van der Waals surface area (Å²) in [5.74, 6) is 2.06. The summed E-state index contributed by atoms with van der Waals surface area (Å²) < 4.78 is 10.9. The van der Waals surface area contributed by atoms with Crippen LogP contribution in [0.25, 0.3) is 0 Å². The number of nitrogens with one attached hydrogen (secondary N) is 1. The molecule has 0 unspecified atom stereocenters. The fourth-order valence-corrected chi connectivity index (χ4v) is 5.05. The molecule has 1 fully saturated rings. The number of amides is 2. The van der Waals surface area contributed by atoms with Crippen molar-refractivity contribution in [3.63, 3.8) is 0 Å². The Hall–Kier alpha value is -3.02. The molecule has 1 aliphatic carbocycles. The highest BCUT2D eigenvalue weighted by atomic mass is 16.5. The molecule has 1 saturated carbocycles. The van der Waals surface area contributed by atoms with E-state index in [0.717, 1.165) is 24.0 Å². The van der Waals surface area contributed by atoms with Crippen molar-refractivity contribution >= 4 is 11.8 Å². The second-order valence-electron chi connectivity index (χ2n) is 8.98. The van der Waals surface area contributed by atoms with Gasteiger partial charge in [-0.3, -0.25) is 9.59 Å². The Morgan fingerprint density at radius 2 is 1.88 bits per heavy atom. The first-order chi connectivity index (χ1) is 15.4. The van der Waals surface area contributed by atoms with Crippen LogP contribution in [-0.2, 0) is 11.3 Å². The summed E-state index contributed by atoms with van der Waals surface area (Å²) in [4.78, 5) is 28.6. The van der Waals surface area contributed by atoms with Crippen LogP contribution in [-0.4, -0.2) is 37.0 Å². The smallest absolute Gasteiger partial charge is 0.255 e. The Balaban J connectivity index is 1.65. The predicted octanol–water partition coefficient (Wildman–Crippen LogP) is 4.34. The molecule has 6 heteroatoms. The second-order valence-corrected chi connectivity index (χ2v) is 8.98. The quantitative estimate of drug-likeness (QED) is 0.731. The summed E-state index contributed by atoms with van der Waals surface area (Å²) in [6.07, 6.45) is 3.28. The third-order valence-electron chi connectivity index (χ3n) is 7.17. The van der Waals surface area contributed by atoms with E-state index < -0.39 is 6.04 Å². The third-order valence-corrected chi connectivity index (χ3v) is 7.17.